The molecule has 3 fully saturated rings. The molecule has 0 spiro atoms. The number of ether oxygens (including phenoxy) is 7. The number of methoxy groups -OCH3 is 3. The number of aromatic nitrogens is 2. The number of aryl methyl sites for hydroxylation is 2. The molecule has 5 heterocycles. The highest BCUT2D eigenvalue weighted by Gasteiger charge is 2.53. The van der Waals surface area contributed by atoms with E-state index in [-0.39, 0.29) is 68.3 Å². The number of pyridine rings is 2. The van der Waals surface area contributed by atoms with Crippen molar-refractivity contribution >= 4 is 41.2 Å². The zero-order valence-corrected chi connectivity index (χ0v) is 52.3. The first-order chi connectivity index (χ1) is 40.4. The molecule has 15 atom stereocenters. The van der Waals surface area contributed by atoms with Gasteiger partial charge in [-0.25, -0.2) is 14.4 Å². The number of carbonyl (C=O) groups excluding carboxylic acids is 7. The summed E-state index contributed by atoms with van der Waals surface area (Å²) >= 11 is 0. The van der Waals surface area contributed by atoms with Crippen LogP contribution in [0.3, 0.4) is 0 Å². The molecular formula is C67H95N3O15+2. The van der Waals surface area contributed by atoms with Crippen LogP contribution in [0.4, 0.5) is 0 Å². The average molecular weight is 1180 g/mol. The van der Waals surface area contributed by atoms with Crippen molar-refractivity contribution in [1.29, 1.82) is 0 Å². The van der Waals surface area contributed by atoms with E-state index < -0.39 is 102 Å². The normalized spacial score (nSPS) is 33.4. The molecular weight excluding hydrogens is 1090 g/mol. The minimum atomic E-state index is -2.48. The Kier molecular flexibility index (Phi) is 25.7. The number of cyclic esters (lactones) is 1. The van der Waals surface area contributed by atoms with E-state index in [1.165, 1.54) is 12.0 Å². The maximum atomic E-state index is 14.8. The van der Waals surface area contributed by atoms with Crippen molar-refractivity contribution in [2.24, 2.45) is 35.5 Å². The van der Waals surface area contributed by atoms with Crippen LogP contribution in [0.2, 0.25) is 0 Å². The van der Waals surface area contributed by atoms with Gasteiger partial charge in [-0.15, -0.1) is 0 Å². The second kappa shape index (κ2) is 32.1. The molecule has 18 nitrogen and oxygen atoms in total. The van der Waals surface area contributed by atoms with Gasteiger partial charge in [-0.05, 0) is 133 Å². The highest BCUT2D eigenvalue weighted by molar-refractivity contribution is 6.39. The van der Waals surface area contributed by atoms with Crippen molar-refractivity contribution in [2.45, 2.75) is 207 Å². The van der Waals surface area contributed by atoms with Crippen LogP contribution >= 0.6 is 0 Å². The van der Waals surface area contributed by atoms with Crippen molar-refractivity contribution in [3.63, 3.8) is 0 Å². The minimum absolute atomic E-state index is 0.00530. The fraction of sp³-hybridized carbons (Fsp3) is 0.627. The number of rotatable bonds is 12. The maximum Gasteiger partial charge on any atom is 0.373 e. The smallest absolute Gasteiger partial charge is 0.373 e. The molecule has 1 N–H and O–H groups in total. The van der Waals surface area contributed by atoms with Crippen LogP contribution in [-0.2, 0) is 79.8 Å². The van der Waals surface area contributed by atoms with Gasteiger partial charge in [0.25, 0.3) is 11.7 Å². The van der Waals surface area contributed by atoms with Crippen LogP contribution in [0.25, 0.3) is 0 Å². The van der Waals surface area contributed by atoms with Gasteiger partial charge >= 0.3 is 17.9 Å². The molecule has 4 aliphatic rings. The summed E-state index contributed by atoms with van der Waals surface area (Å²) in [6, 6.07) is 6.33. The Morgan fingerprint density at radius 1 is 0.753 bits per heavy atom. The standard InChI is InChI=1S/C67H95N3O15/c1-42-20-14-13-15-23-45(4)56(79-10)36-52-27-25-50(9)67(78,85-52)64(75)65(76)70-31-17-16-24-53(70)66(77)83-57(47(6)34-51-26-28-55(58(35-51)80-11)82-59(72)40-68-29-18-21-43(2)38-68)37-54(71)46(5)33-49(8)62(63(81-12)61(74)48(7)32-42)84-60(73)41-69-30-19-22-44(3)39-69/h13-15,18-23,29-30,33,38-39,42,46-48,50-53,55-58,62-63,78H,16-17,24-28,31-32,34-37,40-41H2,1-12H3/q+2/b15-13+,20-14+,45-23+,49-33+/t42-,46-,47-,48-,50-,51+,52+,53+,55-,56+,57+,58-,62-,63+,67-/m1/s1. The quantitative estimate of drug-likeness (QED) is 0.0704. The van der Waals surface area contributed by atoms with Crippen LogP contribution in [0.5, 0.6) is 0 Å². The monoisotopic (exact) mass is 1180 g/mol. The predicted octanol–water partition coefficient (Wildman–Crippen LogP) is 7.87. The van der Waals surface area contributed by atoms with Crippen LogP contribution in [0.1, 0.15) is 137 Å². The Hall–Kier alpha value is -6.05. The van der Waals surface area contributed by atoms with E-state index in [0.29, 0.717) is 63.4 Å². The summed E-state index contributed by atoms with van der Waals surface area (Å²) in [5.41, 5.74) is 3.20. The molecule has 466 valence electrons. The summed E-state index contributed by atoms with van der Waals surface area (Å²) in [5.74, 6) is -9.72. The number of allylic oxidation sites excluding steroid dienone is 6. The molecule has 2 saturated heterocycles. The number of aliphatic hydroxyl groups is 1. The van der Waals surface area contributed by atoms with Crippen molar-refractivity contribution in [1.82, 2.24) is 4.90 Å². The highest BCUT2D eigenvalue weighted by atomic mass is 16.6. The van der Waals surface area contributed by atoms with E-state index in [2.05, 4.69) is 0 Å². The number of nitrogens with zero attached hydrogens (tertiary/aromatic N) is 3. The summed E-state index contributed by atoms with van der Waals surface area (Å²) in [7, 11) is 4.55. The van der Waals surface area contributed by atoms with Crippen LogP contribution in [0.15, 0.2) is 96.7 Å². The lowest BCUT2D eigenvalue weighted by Crippen LogP contribution is -2.61. The Morgan fingerprint density at radius 2 is 1.42 bits per heavy atom. The molecule has 1 saturated carbocycles. The average Bonchev–Trinajstić information content (AvgIpc) is 3.52. The van der Waals surface area contributed by atoms with Crippen LogP contribution < -0.4 is 9.13 Å². The number of Topliss-reactive ketones (excluding diaryl/α,β-unsaturated/α-hetero) is 3. The number of carbonyl (C=O) groups is 7. The summed E-state index contributed by atoms with van der Waals surface area (Å²) in [4.78, 5) is 101. The largest absolute Gasteiger partial charge is 0.460 e. The third-order valence-corrected chi connectivity index (χ3v) is 17.6. The number of hydrogen-bond acceptors (Lipinski definition) is 15. The molecule has 1 aliphatic carbocycles. The van der Waals surface area contributed by atoms with Gasteiger partial charge < -0.3 is 43.2 Å². The molecule has 0 aromatic carbocycles. The van der Waals surface area contributed by atoms with E-state index in [9.17, 15) is 38.7 Å². The van der Waals surface area contributed by atoms with E-state index in [1.54, 1.807) is 62.6 Å². The van der Waals surface area contributed by atoms with Crippen molar-refractivity contribution in [2.75, 3.05) is 27.9 Å². The van der Waals surface area contributed by atoms with Gasteiger partial charge in [0.2, 0.25) is 18.9 Å². The molecule has 0 radical (unpaired) electrons. The van der Waals surface area contributed by atoms with Gasteiger partial charge in [0, 0.05) is 81.7 Å². The van der Waals surface area contributed by atoms with Gasteiger partial charge in [-0.2, -0.15) is 9.13 Å². The Balaban J connectivity index is 1.33. The summed E-state index contributed by atoms with van der Waals surface area (Å²) in [6.07, 6.45) is 17.7. The van der Waals surface area contributed by atoms with Gasteiger partial charge in [0.1, 0.15) is 24.0 Å². The fourth-order valence-corrected chi connectivity index (χ4v) is 12.6. The van der Waals surface area contributed by atoms with Crippen molar-refractivity contribution in [3.8, 4) is 0 Å². The SMILES string of the molecule is CO[C@H]1C[C@@H]2CC[C@@H](C)[C@@](O)(O2)C(=O)C(=O)N2CCCC[C@H]2C(=O)O[C@H]([C@H](C)C[C@@H]2CC[C@@H](OC(=O)C[n+]3cccc(C)c3)[C@H](OC)C2)CC(=O)[C@H](C)/C=C(\C)[C@@H](OC(=O)C[n+]2cccc(C)c2)[C@@H](OC)C(=O)[C@H](C)C[C@H](C)/C=C/C=C/C=C/1C. The first kappa shape index (κ1) is 68.1. The predicted molar refractivity (Wildman–Crippen MR) is 316 cm³/mol. The molecule has 6 rings (SSSR count). The zero-order chi connectivity index (χ0) is 62.1. The fourth-order valence-electron chi connectivity index (χ4n) is 12.6. The Bertz CT molecular complexity index is 2770. The molecule has 0 unspecified atom stereocenters. The first-order valence-corrected chi connectivity index (χ1v) is 30.6. The third kappa shape index (κ3) is 19.0. The summed E-state index contributed by atoms with van der Waals surface area (Å²) in [5, 5.41) is 12.1. The maximum absolute atomic E-state index is 14.8. The van der Waals surface area contributed by atoms with Gasteiger partial charge in [-0.3, -0.25) is 19.2 Å². The van der Waals surface area contributed by atoms with E-state index in [4.69, 9.17) is 33.2 Å². The molecule has 2 aromatic heterocycles. The lowest BCUT2D eigenvalue weighted by molar-refractivity contribution is -0.686. The highest BCUT2D eigenvalue weighted by Crippen LogP contribution is 2.38. The Morgan fingerprint density at radius 3 is 2.06 bits per heavy atom. The number of hydrogen-bond donors (Lipinski definition) is 1. The van der Waals surface area contributed by atoms with Gasteiger partial charge in [0.15, 0.2) is 42.8 Å². The first-order valence-electron chi connectivity index (χ1n) is 30.6. The third-order valence-electron chi connectivity index (χ3n) is 17.6. The zero-order valence-electron chi connectivity index (χ0n) is 52.3. The van der Waals surface area contributed by atoms with Crippen molar-refractivity contribution in [3.05, 3.63) is 108 Å². The van der Waals surface area contributed by atoms with Gasteiger partial charge in [-0.1, -0.05) is 71.1 Å². The number of fused-ring (bicyclic) bond motifs is 3. The molecule has 85 heavy (non-hydrogen) atoms. The summed E-state index contributed by atoms with van der Waals surface area (Å²) in [6.45, 7) is 16.5. The molecule has 2 aromatic rings. The topological polar surface area (TPSA) is 215 Å². The minimum Gasteiger partial charge on any atom is -0.460 e. The van der Waals surface area contributed by atoms with Crippen LogP contribution in [-0.4, -0.2) is 134 Å². The molecule has 18 heteroatoms. The second-order valence-corrected chi connectivity index (χ2v) is 24.6. The number of esters is 3. The van der Waals surface area contributed by atoms with E-state index in [0.717, 1.165) is 16.7 Å². The number of amides is 1. The lowest BCUT2D eigenvalue weighted by Gasteiger charge is -2.42. The number of ketones is 3. The second-order valence-electron chi connectivity index (χ2n) is 24.6. The van der Waals surface area contributed by atoms with Crippen LogP contribution in [0, 0.1) is 49.4 Å². The van der Waals surface area contributed by atoms with Gasteiger partial charge in [0.05, 0.1) is 18.3 Å². The molecule has 2 bridgehead atoms. The van der Waals surface area contributed by atoms with Crippen molar-refractivity contribution < 1.29 is 81.0 Å². The Labute approximate surface area is 503 Å². The van der Waals surface area contributed by atoms with E-state index in [1.807, 2.05) is 109 Å². The lowest BCUT2D eigenvalue weighted by atomic mass is 9.78. The van der Waals surface area contributed by atoms with E-state index >= 15 is 0 Å². The molecule has 1 amide bonds. The number of piperidine rings is 1. The summed E-state index contributed by atoms with van der Waals surface area (Å²) < 4.78 is 46.1. The molecule has 3 aliphatic heterocycles.